The summed E-state index contributed by atoms with van der Waals surface area (Å²) in [7, 11) is 0. The molecule has 1 spiro atoms. The van der Waals surface area contributed by atoms with Gasteiger partial charge in [-0.1, -0.05) is 0 Å². The summed E-state index contributed by atoms with van der Waals surface area (Å²) < 4.78 is 0. The van der Waals surface area contributed by atoms with Crippen LogP contribution >= 0.6 is 0 Å². The van der Waals surface area contributed by atoms with Crippen molar-refractivity contribution in [2.45, 2.75) is 19.3 Å². The number of rotatable bonds is 2. The molecule has 0 aromatic heterocycles. The molecule has 0 saturated heterocycles. The number of carboxylic acids is 2. The van der Waals surface area contributed by atoms with Crippen molar-refractivity contribution in [3.63, 3.8) is 0 Å². The van der Waals surface area contributed by atoms with Gasteiger partial charge in [0, 0.05) is 6.42 Å². The smallest absolute Gasteiger partial charge is 0.308 e. The number of carbonyl (C=O) groups excluding carboxylic acids is 1. The molecule has 2 rings (SSSR count). The van der Waals surface area contributed by atoms with E-state index in [9.17, 15) is 14.4 Å². The van der Waals surface area contributed by atoms with Crippen LogP contribution in [-0.2, 0) is 14.4 Å². The van der Waals surface area contributed by atoms with Crippen LogP contribution in [0.3, 0.4) is 0 Å². The molecule has 14 heavy (non-hydrogen) atoms. The van der Waals surface area contributed by atoms with Gasteiger partial charge in [0.15, 0.2) is 0 Å². The van der Waals surface area contributed by atoms with E-state index in [1.807, 2.05) is 0 Å². The molecular formula is C9H10O5. The SMILES string of the molecule is O=C(O)C1C(C(=O)O)C12CCCC2=O. The molecule has 2 saturated carbocycles. The van der Waals surface area contributed by atoms with Crippen LogP contribution in [-0.4, -0.2) is 27.9 Å². The average Bonchev–Trinajstić information content (AvgIpc) is 2.62. The zero-order valence-corrected chi connectivity index (χ0v) is 7.40. The minimum atomic E-state index is -1.16. The number of carboxylic acid groups (broad SMARTS) is 2. The monoisotopic (exact) mass is 198 g/mol. The molecule has 2 aliphatic rings. The highest BCUT2D eigenvalue weighted by atomic mass is 16.4. The number of aliphatic carboxylic acids is 2. The largest absolute Gasteiger partial charge is 0.481 e. The van der Waals surface area contributed by atoms with Crippen molar-refractivity contribution in [1.29, 1.82) is 0 Å². The van der Waals surface area contributed by atoms with Gasteiger partial charge >= 0.3 is 11.9 Å². The molecule has 2 aliphatic carbocycles. The predicted octanol–water partition coefficient (Wildman–Crippen LogP) is 0.141. The fourth-order valence-electron chi connectivity index (χ4n) is 2.74. The summed E-state index contributed by atoms with van der Waals surface area (Å²) in [5, 5.41) is 17.6. The van der Waals surface area contributed by atoms with Crippen molar-refractivity contribution in [2.24, 2.45) is 17.3 Å². The first-order valence-corrected chi connectivity index (χ1v) is 4.50. The lowest BCUT2D eigenvalue weighted by Gasteiger charge is -2.03. The van der Waals surface area contributed by atoms with Gasteiger partial charge in [-0.25, -0.2) is 0 Å². The lowest BCUT2D eigenvalue weighted by molar-refractivity contribution is -0.144. The Labute approximate surface area is 79.7 Å². The Hall–Kier alpha value is -1.39. The third kappa shape index (κ3) is 0.867. The molecule has 0 radical (unpaired) electrons. The van der Waals surface area contributed by atoms with Crippen molar-refractivity contribution in [2.75, 3.05) is 0 Å². The number of hydrogen-bond donors (Lipinski definition) is 2. The number of ketones is 1. The fourth-order valence-corrected chi connectivity index (χ4v) is 2.74. The second-order valence-electron chi connectivity index (χ2n) is 3.95. The van der Waals surface area contributed by atoms with Gasteiger partial charge in [-0.15, -0.1) is 0 Å². The Morgan fingerprint density at radius 1 is 1.21 bits per heavy atom. The van der Waals surface area contributed by atoms with Gasteiger partial charge in [0.1, 0.15) is 5.78 Å². The highest BCUT2D eigenvalue weighted by Crippen LogP contribution is 2.65. The molecule has 2 unspecified atom stereocenters. The summed E-state index contributed by atoms with van der Waals surface area (Å²) in [5.41, 5.74) is -1.06. The maximum Gasteiger partial charge on any atom is 0.308 e. The first-order valence-electron chi connectivity index (χ1n) is 4.50. The Kier molecular flexibility index (Phi) is 1.68. The lowest BCUT2D eigenvalue weighted by Crippen LogP contribution is -2.16. The quantitative estimate of drug-likeness (QED) is 0.658. The van der Waals surface area contributed by atoms with Crippen molar-refractivity contribution in [1.82, 2.24) is 0 Å². The van der Waals surface area contributed by atoms with E-state index in [-0.39, 0.29) is 5.78 Å². The van der Waals surface area contributed by atoms with Crippen LogP contribution in [0.25, 0.3) is 0 Å². The van der Waals surface area contributed by atoms with E-state index < -0.39 is 29.2 Å². The molecular weight excluding hydrogens is 188 g/mol. The van der Waals surface area contributed by atoms with E-state index in [4.69, 9.17) is 10.2 Å². The minimum absolute atomic E-state index is 0.183. The Balaban J connectivity index is 2.33. The van der Waals surface area contributed by atoms with E-state index in [2.05, 4.69) is 0 Å². The van der Waals surface area contributed by atoms with Crippen LogP contribution in [0.4, 0.5) is 0 Å². The van der Waals surface area contributed by atoms with Gasteiger partial charge in [0.25, 0.3) is 0 Å². The summed E-state index contributed by atoms with van der Waals surface area (Å²) >= 11 is 0. The number of Topliss-reactive ketones (excluding diaryl/α,β-unsaturated/α-hetero) is 1. The van der Waals surface area contributed by atoms with Gasteiger partial charge in [-0.05, 0) is 12.8 Å². The van der Waals surface area contributed by atoms with Crippen molar-refractivity contribution >= 4 is 17.7 Å². The third-order valence-electron chi connectivity index (χ3n) is 3.38. The topological polar surface area (TPSA) is 91.7 Å². The minimum Gasteiger partial charge on any atom is -0.481 e. The van der Waals surface area contributed by atoms with Crippen LogP contribution in [0.15, 0.2) is 0 Å². The maximum atomic E-state index is 11.5. The van der Waals surface area contributed by atoms with Crippen LogP contribution < -0.4 is 0 Å². The maximum absolute atomic E-state index is 11.5. The first kappa shape index (κ1) is 9.18. The highest BCUT2D eigenvalue weighted by molar-refractivity contribution is 6.03. The molecule has 5 nitrogen and oxygen atoms in total. The van der Waals surface area contributed by atoms with Crippen LogP contribution in [0.1, 0.15) is 19.3 Å². The molecule has 2 fully saturated rings. The van der Waals surface area contributed by atoms with Crippen LogP contribution in [0.2, 0.25) is 0 Å². The Bertz CT molecular complexity index is 312. The van der Waals surface area contributed by atoms with Gasteiger partial charge in [-0.2, -0.15) is 0 Å². The molecule has 2 atom stereocenters. The van der Waals surface area contributed by atoms with Crippen molar-refractivity contribution in [3.05, 3.63) is 0 Å². The van der Waals surface area contributed by atoms with Gasteiger partial charge in [0.2, 0.25) is 0 Å². The Morgan fingerprint density at radius 2 is 1.71 bits per heavy atom. The molecule has 0 aromatic carbocycles. The summed E-state index contributed by atoms with van der Waals surface area (Å²) in [4.78, 5) is 33.0. The first-order chi connectivity index (χ1) is 6.51. The second-order valence-corrected chi connectivity index (χ2v) is 3.95. The Morgan fingerprint density at radius 3 is 2.00 bits per heavy atom. The second kappa shape index (κ2) is 2.56. The molecule has 76 valence electrons. The summed E-state index contributed by atoms with van der Waals surface area (Å²) in [6.07, 6.45) is 1.36. The summed E-state index contributed by atoms with van der Waals surface area (Å²) in [5.74, 6) is -4.48. The predicted molar refractivity (Wildman–Crippen MR) is 43.5 cm³/mol. The standard InChI is InChI=1S/C9H10O5/c10-4-2-1-3-9(4)5(7(11)12)6(9)8(13)14/h5-6H,1-3H2,(H,11,12)(H,13,14). The van der Waals surface area contributed by atoms with E-state index in [1.54, 1.807) is 0 Å². The average molecular weight is 198 g/mol. The normalized spacial score (nSPS) is 40.1. The highest BCUT2D eigenvalue weighted by Gasteiger charge is 2.76. The summed E-state index contributed by atoms with van der Waals surface area (Å²) in [6, 6.07) is 0. The van der Waals surface area contributed by atoms with Crippen molar-refractivity contribution in [3.8, 4) is 0 Å². The molecule has 2 N–H and O–H groups in total. The third-order valence-corrected chi connectivity index (χ3v) is 3.38. The molecule has 0 aromatic rings. The molecule has 0 heterocycles. The fraction of sp³-hybridized carbons (Fsp3) is 0.667. The van der Waals surface area contributed by atoms with E-state index in [1.165, 1.54) is 0 Å². The summed E-state index contributed by atoms with van der Waals surface area (Å²) in [6.45, 7) is 0. The zero-order chi connectivity index (χ0) is 10.5. The number of carbonyl (C=O) groups is 3. The van der Waals surface area contributed by atoms with E-state index in [0.717, 1.165) is 0 Å². The van der Waals surface area contributed by atoms with Crippen LogP contribution in [0, 0.1) is 17.3 Å². The van der Waals surface area contributed by atoms with Gasteiger partial charge in [-0.3, -0.25) is 14.4 Å². The zero-order valence-electron chi connectivity index (χ0n) is 7.40. The van der Waals surface area contributed by atoms with Gasteiger partial charge in [0.05, 0.1) is 17.3 Å². The van der Waals surface area contributed by atoms with Gasteiger partial charge < -0.3 is 10.2 Å². The molecule has 5 heteroatoms. The molecule has 0 bridgehead atoms. The molecule has 0 aliphatic heterocycles. The van der Waals surface area contributed by atoms with E-state index in [0.29, 0.717) is 19.3 Å². The van der Waals surface area contributed by atoms with E-state index >= 15 is 0 Å². The van der Waals surface area contributed by atoms with Crippen molar-refractivity contribution < 1.29 is 24.6 Å². The number of hydrogen-bond acceptors (Lipinski definition) is 3. The lowest BCUT2D eigenvalue weighted by atomic mass is 9.99. The van der Waals surface area contributed by atoms with Crippen LogP contribution in [0.5, 0.6) is 0 Å². The molecule has 0 amide bonds.